The molecule has 3 aliphatic heterocycles. The Morgan fingerprint density at radius 3 is 2.58 bits per heavy atom. The standard InChI is InChI=1S/C42H46N4O8S/c47-34-13-11-32(33-12-14-38(49)44-40(33)34)35(48)23-43-17-4-5-20-52-41(50)37-21-27(26-55-37)25-53-31-10-6-9-30(22-31)39(29-7-2-1-3-8-29)45-42(51)54-36-24-46-18-15-28(36)16-19-46/h1-3,6-14,21-22,26,28,35-36,39,43,47-48H,4-5,15-20,23-25H2,(H,44,49)(H,45,51)/t35-,36-,39-/m0/s1. The monoisotopic (exact) mass is 766 g/mol. The number of H-pyrrole nitrogens is 1. The lowest BCUT2D eigenvalue weighted by molar-refractivity contribution is -0.0336. The van der Waals surface area contributed by atoms with Crippen molar-refractivity contribution >= 4 is 34.3 Å². The number of aromatic hydroxyl groups is 1. The topological polar surface area (TPSA) is 162 Å². The Morgan fingerprint density at radius 2 is 1.78 bits per heavy atom. The maximum atomic E-state index is 13.2. The van der Waals surface area contributed by atoms with Crippen LogP contribution in [0.1, 0.15) is 69.8 Å². The molecular formula is C42H46N4O8S. The minimum atomic E-state index is -0.841. The van der Waals surface area contributed by atoms with E-state index in [9.17, 15) is 24.6 Å². The number of aliphatic hydroxyl groups excluding tert-OH is 1. The van der Waals surface area contributed by atoms with Crippen LogP contribution in [0.5, 0.6) is 11.5 Å². The van der Waals surface area contributed by atoms with Crippen LogP contribution in [0.3, 0.4) is 0 Å². The number of hydrogen-bond acceptors (Lipinski definition) is 11. The van der Waals surface area contributed by atoms with Gasteiger partial charge in [-0.2, -0.15) is 0 Å². The Morgan fingerprint density at radius 1 is 0.964 bits per heavy atom. The van der Waals surface area contributed by atoms with Crippen molar-refractivity contribution in [3.05, 3.63) is 128 Å². The SMILES string of the molecule is O=C(N[C@@H](c1ccccc1)c1cccc(OCc2csc(C(=O)OCCCCNC[C@H](O)c3ccc(O)c4[nH]c(=O)ccc34)c2)c1)O[C@H]1CN2CCC1CC2. The average molecular weight is 767 g/mol. The van der Waals surface area contributed by atoms with Gasteiger partial charge in [0.2, 0.25) is 5.56 Å². The number of aromatic nitrogens is 1. The van der Waals surface area contributed by atoms with Crippen molar-refractivity contribution in [1.29, 1.82) is 0 Å². The van der Waals surface area contributed by atoms with Gasteiger partial charge in [0.25, 0.3) is 0 Å². The second-order valence-corrected chi connectivity index (χ2v) is 15.0. The van der Waals surface area contributed by atoms with E-state index in [0.717, 1.165) is 55.6 Å². The molecule has 3 saturated heterocycles. The van der Waals surface area contributed by atoms with Crippen LogP contribution in [-0.4, -0.2) is 77.6 Å². The number of phenols is 1. The predicted molar refractivity (Wildman–Crippen MR) is 210 cm³/mol. The molecule has 13 heteroatoms. The molecule has 55 heavy (non-hydrogen) atoms. The lowest BCUT2D eigenvalue weighted by atomic mass is 9.86. The molecule has 0 saturated carbocycles. The van der Waals surface area contributed by atoms with E-state index in [1.807, 2.05) is 60.0 Å². The Balaban J connectivity index is 0.849. The first-order valence-electron chi connectivity index (χ1n) is 18.8. The first-order chi connectivity index (χ1) is 26.8. The number of amides is 1. The summed E-state index contributed by atoms with van der Waals surface area (Å²) in [4.78, 5) is 43.0. The summed E-state index contributed by atoms with van der Waals surface area (Å²) >= 11 is 1.30. The van der Waals surface area contributed by atoms with Crippen molar-refractivity contribution in [1.82, 2.24) is 20.5 Å². The van der Waals surface area contributed by atoms with Crippen LogP contribution < -0.4 is 20.9 Å². The zero-order valence-electron chi connectivity index (χ0n) is 30.4. The molecule has 288 valence electrons. The van der Waals surface area contributed by atoms with Crippen LogP contribution in [0.15, 0.2) is 95.1 Å². The first kappa shape index (κ1) is 38.1. The number of aliphatic hydroxyl groups is 1. The van der Waals surface area contributed by atoms with E-state index in [0.29, 0.717) is 46.0 Å². The molecule has 12 nitrogen and oxygen atoms in total. The second kappa shape index (κ2) is 17.9. The number of aromatic amines is 1. The highest BCUT2D eigenvalue weighted by Gasteiger charge is 2.37. The predicted octanol–water partition coefficient (Wildman–Crippen LogP) is 6.04. The number of unbranched alkanes of at least 4 members (excludes halogenated alkanes) is 1. The molecule has 5 heterocycles. The Kier molecular flexibility index (Phi) is 12.4. The van der Waals surface area contributed by atoms with Gasteiger partial charge in [-0.15, -0.1) is 11.3 Å². The van der Waals surface area contributed by atoms with Crippen molar-refractivity contribution in [2.24, 2.45) is 5.92 Å². The molecule has 5 N–H and O–H groups in total. The Labute approximate surface area is 323 Å². The molecule has 0 spiro atoms. The summed E-state index contributed by atoms with van der Waals surface area (Å²) in [7, 11) is 0. The molecule has 0 radical (unpaired) electrons. The number of rotatable bonds is 16. The Hall–Kier alpha value is -5.21. The van der Waals surface area contributed by atoms with Crippen LogP contribution in [-0.2, 0) is 16.1 Å². The third-order valence-corrected chi connectivity index (χ3v) is 11.2. The molecule has 5 aromatic rings. The summed E-state index contributed by atoms with van der Waals surface area (Å²) in [6, 6.07) is 24.8. The molecule has 0 aliphatic carbocycles. The number of ether oxygens (including phenoxy) is 3. The molecule has 8 rings (SSSR count). The Bertz CT molecular complexity index is 2130. The minimum absolute atomic E-state index is 0.0540. The fourth-order valence-electron chi connectivity index (χ4n) is 7.33. The maximum Gasteiger partial charge on any atom is 0.408 e. The summed E-state index contributed by atoms with van der Waals surface area (Å²) in [6.07, 6.45) is 2.15. The van der Waals surface area contributed by atoms with Crippen molar-refractivity contribution in [2.45, 2.75) is 50.5 Å². The number of hydrogen-bond donors (Lipinski definition) is 5. The molecule has 3 fully saturated rings. The van der Waals surface area contributed by atoms with Crippen LogP contribution in [0.25, 0.3) is 10.9 Å². The van der Waals surface area contributed by atoms with Crippen LogP contribution in [0.2, 0.25) is 0 Å². The second-order valence-electron chi connectivity index (χ2n) is 14.1. The fraction of sp³-hybridized carbons (Fsp3) is 0.357. The summed E-state index contributed by atoms with van der Waals surface area (Å²) in [5.74, 6) is 0.609. The zero-order valence-corrected chi connectivity index (χ0v) is 31.3. The summed E-state index contributed by atoms with van der Waals surface area (Å²) in [5, 5.41) is 29.6. The highest BCUT2D eigenvalue weighted by atomic mass is 32.1. The molecule has 3 aliphatic rings. The van der Waals surface area contributed by atoms with Crippen LogP contribution >= 0.6 is 11.3 Å². The van der Waals surface area contributed by atoms with E-state index < -0.39 is 18.2 Å². The van der Waals surface area contributed by atoms with E-state index in [1.165, 1.54) is 23.5 Å². The van der Waals surface area contributed by atoms with Gasteiger partial charge in [0.15, 0.2) is 0 Å². The van der Waals surface area contributed by atoms with Crippen molar-refractivity contribution in [3.8, 4) is 11.5 Å². The third-order valence-electron chi connectivity index (χ3n) is 10.3. The smallest absolute Gasteiger partial charge is 0.408 e. The lowest BCUT2D eigenvalue weighted by Gasteiger charge is -2.43. The average Bonchev–Trinajstić information content (AvgIpc) is 3.69. The van der Waals surface area contributed by atoms with E-state index in [4.69, 9.17) is 14.2 Å². The quantitative estimate of drug-likeness (QED) is 0.0591. The van der Waals surface area contributed by atoms with Crippen molar-refractivity contribution < 1.29 is 34.0 Å². The number of nitrogens with zero attached hydrogens (tertiary/aromatic N) is 1. The van der Waals surface area contributed by atoms with Gasteiger partial charge in [-0.25, -0.2) is 9.59 Å². The van der Waals surface area contributed by atoms with E-state index in [2.05, 4.69) is 20.5 Å². The highest BCUT2D eigenvalue weighted by Crippen LogP contribution is 2.31. The van der Waals surface area contributed by atoms with Crippen molar-refractivity contribution in [2.75, 3.05) is 39.3 Å². The van der Waals surface area contributed by atoms with Gasteiger partial charge in [0.05, 0.1) is 24.3 Å². The normalized spacial score (nSPS) is 18.7. The van der Waals surface area contributed by atoms with E-state index >= 15 is 0 Å². The molecule has 3 aromatic carbocycles. The number of fused-ring (bicyclic) bond motifs is 4. The van der Waals surface area contributed by atoms with Crippen LogP contribution in [0.4, 0.5) is 4.79 Å². The molecule has 3 atom stereocenters. The minimum Gasteiger partial charge on any atom is -0.506 e. The van der Waals surface area contributed by atoms with Gasteiger partial charge < -0.3 is 40.0 Å². The number of phenolic OH excluding ortho intramolecular Hbond substituents is 1. The number of carbonyl (C=O) groups is 2. The molecular weight excluding hydrogens is 721 g/mol. The van der Waals surface area contributed by atoms with E-state index in [-0.39, 0.29) is 43.1 Å². The summed E-state index contributed by atoms with van der Waals surface area (Å²) < 4.78 is 17.6. The van der Waals surface area contributed by atoms with Gasteiger partial charge in [-0.05, 0) is 104 Å². The van der Waals surface area contributed by atoms with Gasteiger partial charge in [0, 0.05) is 30.1 Å². The molecule has 2 aromatic heterocycles. The number of piperidine rings is 3. The molecule has 2 bridgehead atoms. The largest absolute Gasteiger partial charge is 0.506 e. The number of pyridine rings is 1. The summed E-state index contributed by atoms with van der Waals surface area (Å²) in [6.45, 7) is 4.35. The van der Waals surface area contributed by atoms with Gasteiger partial charge in [0.1, 0.15) is 29.1 Å². The summed E-state index contributed by atoms with van der Waals surface area (Å²) in [5.41, 5.74) is 3.20. The highest BCUT2D eigenvalue weighted by molar-refractivity contribution is 7.12. The fourth-order valence-corrected chi connectivity index (χ4v) is 8.12. The number of esters is 1. The number of carbonyl (C=O) groups excluding carboxylic acids is 2. The number of alkyl carbamates (subject to hydrolysis) is 1. The van der Waals surface area contributed by atoms with Gasteiger partial charge >= 0.3 is 12.1 Å². The molecule has 0 unspecified atom stereocenters. The lowest BCUT2D eigenvalue weighted by Crippen LogP contribution is -2.52. The third kappa shape index (κ3) is 9.73. The number of nitrogens with one attached hydrogen (secondary N) is 3. The van der Waals surface area contributed by atoms with Crippen molar-refractivity contribution in [3.63, 3.8) is 0 Å². The van der Waals surface area contributed by atoms with Crippen LogP contribution in [0, 0.1) is 5.92 Å². The zero-order chi connectivity index (χ0) is 38.1. The van der Waals surface area contributed by atoms with E-state index in [1.54, 1.807) is 18.2 Å². The number of benzene rings is 3. The number of thiophene rings is 1. The first-order valence-corrected chi connectivity index (χ1v) is 19.6. The maximum absolute atomic E-state index is 13.2. The van der Waals surface area contributed by atoms with Gasteiger partial charge in [-0.1, -0.05) is 48.5 Å². The van der Waals surface area contributed by atoms with Gasteiger partial charge in [-0.3, -0.25) is 9.69 Å². The molecule has 1 amide bonds.